The molecular weight excluding hydrogens is 382 g/mol. The lowest BCUT2D eigenvalue weighted by Crippen LogP contribution is -2.28. The number of benzene rings is 2. The van der Waals surface area contributed by atoms with Crippen LogP contribution in [-0.4, -0.2) is 63.3 Å². The number of nitrogens with zero attached hydrogens (tertiary/aromatic N) is 2. The SMILES string of the molecule is CN(C)C(=N)N=C(N)N.O=C(O)c1ccccc1O.O=C(O)c1ccccc1O. The molecule has 0 saturated carbocycles. The molecule has 2 aromatic rings. The highest BCUT2D eigenvalue weighted by atomic mass is 16.4. The van der Waals surface area contributed by atoms with Crippen LogP contribution in [0.5, 0.6) is 11.5 Å². The van der Waals surface area contributed by atoms with E-state index in [4.69, 9.17) is 37.3 Å². The summed E-state index contributed by atoms with van der Waals surface area (Å²) in [5.74, 6) is -2.66. The van der Waals surface area contributed by atoms with Crippen molar-refractivity contribution in [2.24, 2.45) is 16.5 Å². The van der Waals surface area contributed by atoms with Gasteiger partial charge in [-0.1, -0.05) is 24.3 Å². The van der Waals surface area contributed by atoms with Crippen molar-refractivity contribution in [3.63, 3.8) is 0 Å². The standard InChI is InChI=1S/2C7H6O3.C4H11N5/c2*8-6-4-2-1-3-5(6)7(9)10;1-9(2)4(7)8-3(5)6/h2*1-4,8H,(H,9,10);1-2H3,(H5,5,6,7,8). The fraction of sp³-hybridized carbons (Fsp3) is 0.111. The summed E-state index contributed by atoms with van der Waals surface area (Å²) < 4.78 is 0. The number of carboxylic acids is 2. The number of para-hydroxylation sites is 2. The lowest BCUT2D eigenvalue weighted by molar-refractivity contribution is 0.0682. The zero-order chi connectivity index (χ0) is 22.6. The molecule has 2 rings (SSSR count). The Hall–Kier alpha value is -4.28. The molecule has 11 nitrogen and oxygen atoms in total. The number of nitrogens with one attached hydrogen (secondary N) is 1. The van der Waals surface area contributed by atoms with Crippen LogP contribution in [0.3, 0.4) is 0 Å². The third-order valence-corrected chi connectivity index (χ3v) is 2.93. The van der Waals surface area contributed by atoms with Gasteiger partial charge in [0.25, 0.3) is 0 Å². The number of carbonyl (C=O) groups is 2. The van der Waals surface area contributed by atoms with Gasteiger partial charge in [-0.25, -0.2) is 9.59 Å². The van der Waals surface area contributed by atoms with Gasteiger partial charge in [0, 0.05) is 14.1 Å². The lowest BCUT2D eigenvalue weighted by Gasteiger charge is -2.07. The molecule has 0 unspecified atom stereocenters. The normalized spacial score (nSPS) is 8.90. The Kier molecular flexibility index (Phi) is 10.4. The summed E-state index contributed by atoms with van der Waals surface area (Å²) in [5.41, 5.74) is 9.85. The molecule has 29 heavy (non-hydrogen) atoms. The van der Waals surface area contributed by atoms with Gasteiger partial charge < -0.3 is 36.8 Å². The molecule has 156 valence electrons. The summed E-state index contributed by atoms with van der Waals surface area (Å²) >= 11 is 0. The van der Waals surface area contributed by atoms with Crippen LogP contribution >= 0.6 is 0 Å². The maximum Gasteiger partial charge on any atom is 0.339 e. The van der Waals surface area contributed by atoms with Crippen molar-refractivity contribution in [3.05, 3.63) is 59.7 Å². The number of aromatic carboxylic acids is 2. The third kappa shape index (κ3) is 9.84. The van der Waals surface area contributed by atoms with Gasteiger partial charge in [-0.15, -0.1) is 0 Å². The number of aromatic hydroxyl groups is 2. The quantitative estimate of drug-likeness (QED) is 0.280. The van der Waals surface area contributed by atoms with E-state index in [0.717, 1.165) is 0 Å². The molecule has 0 atom stereocenters. The molecule has 11 heteroatoms. The molecule has 0 bridgehead atoms. The molecule has 2 aromatic carbocycles. The average molecular weight is 405 g/mol. The third-order valence-electron chi connectivity index (χ3n) is 2.93. The number of guanidine groups is 2. The summed E-state index contributed by atoms with van der Waals surface area (Å²) in [4.78, 5) is 25.5. The van der Waals surface area contributed by atoms with Gasteiger partial charge in [0.2, 0.25) is 5.96 Å². The number of aliphatic imine (C=N–C) groups is 1. The Labute approximate surface area is 166 Å². The van der Waals surface area contributed by atoms with Gasteiger partial charge in [0.1, 0.15) is 22.6 Å². The van der Waals surface area contributed by atoms with Crippen molar-refractivity contribution >= 4 is 23.9 Å². The van der Waals surface area contributed by atoms with Crippen molar-refractivity contribution in [2.45, 2.75) is 0 Å². The van der Waals surface area contributed by atoms with E-state index in [1.807, 2.05) is 0 Å². The van der Waals surface area contributed by atoms with E-state index >= 15 is 0 Å². The number of nitrogens with two attached hydrogens (primary N) is 2. The number of hydrogen-bond acceptors (Lipinski definition) is 5. The highest BCUT2D eigenvalue weighted by Crippen LogP contribution is 2.15. The van der Waals surface area contributed by atoms with Gasteiger partial charge in [-0.05, 0) is 24.3 Å². The van der Waals surface area contributed by atoms with Crippen LogP contribution in [0.15, 0.2) is 53.5 Å². The zero-order valence-electron chi connectivity index (χ0n) is 15.8. The first kappa shape index (κ1) is 24.7. The predicted molar refractivity (Wildman–Crippen MR) is 107 cm³/mol. The summed E-state index contributed by atoms with van der Waals surface area (Å²) in [5, 5.41) is 41.7. The number of phenols is 2. The molecule has 0 aliphatic heterocycles. The number of hydrogen-bond donors (Lipinski definition) is 7. The number of rotatable bonds is 2. The Bertz CT molecular complexity index is 823. The number of carboxylic acid groups (broad SMARTS) is 2. The maximum atomic E-state index is 10.3. The molecule has 0 aromatic heterocycles. The van der Waals surface area contributed by atoms with Crippen LogP contribution in [0, 0.1) is 5.41 Å². The van der Waals surface area contributed by atoms with Crippen molar-refractivity contribution < 1.29 is 30.0 Å². The van der Waals surface area contributed by atoms with E-state index in [-0.39, 0.29) is 34.5 Å². The van der Waals surface area contributed by atoms with Crippen molar-refractivity contribution in [1.29, 1.82) is 5.41 Å². The Morgan fingerprint density at radius 2 is 1.21 bits per heavy atom. The molecule has 0 spiro atoms. The maximum absolute atomic E-state index is 10.3. The second-order valence-electron chi connectivity index (χ2n) is 5.40. The lowest BCUT2D eigenvalue weighted by atomic mass is 10.2. The van der Waals surface area contributed by atoms with Gasteiger partial charge in [0.15, 0.2) is 5.96 Å². The fourth-order valence-electron chi connectivity index (χ4n) is 1.53. The Balaban J connectivity index is 0.000000407. The summed E-state index contributed by atoms with van der Waals surface area (Å²) in [6, 6.07) is 11.6. The zero-order valence-corrected chi connectivity index (χ0v) is 15.8. The molecule has 0 radical (unpaired) electrons. The van der Waals surface area contributed by atoms with E-state index in [2.05, 4.69) is 4.99 Å². The van der Waals surface area contributed by atoms with Crippen LogP contribution < -0.4 is 11.5 Å². The molecule has 0 amide bonds. The van der Waals surface area contributed by atoms with Crippen LogP contribution in [0.1, 0.15) is 20.7 Å². The largest absolute Gasteiger partial charge is 0.507 e. The smallest absolute Gasteiger partial charge is 0.339 e. The Morgan fingerprint density at radius 3 is 1.38 bits per heavy atom. The van der Waals surface area contributed by atoms with Gasteiger partial charge >= 0.3 is 11.9 Å². The molecule has 0 saturated heterocycles. The molecule has 0 heterocycles. The minimum Gasteiger partial charge on any atom is -0.507 e. The van der Waals surface area contributed by atoms with E-state index in [9.17, 15) is 9.59 Å². The fourth-order valence-corrected chi connectivity index (χ4v) is 1.53. The average Bonchev–Trinajstić information content (AvgIpc) is 2.62. The first-order valence-corrected chi connectivity index (χ1v) is 7.85. The van der Waals surface area contributed by atoms with E-state index < -0.39 is 11.9 Å². The second kappa shape index (κ2) is 12.2. The highest BCUT2D eigenvalue weighted by molar-refractivity contribution is 5.91. The molecule has 0 aliphatic rings. The molecule has 0 aliphatic carbocycles. The molecule has 9 N–H and O–H groups in total. The highest BCUT2D eigenvalue weighted by Gasteiger charge is 2.06. The summed E-state index contributed by atoms with van der Waals surface area (Å²) in [7, 11) is 3.38. The monoisotopic (exact) mass is 405 g/mol. The van der Waals surface area contributed by atoms with Crippen LogP contribution in [0.2, 0.25) is 0 Å². The Morgan fingerprint density at radius 1 is 0.862 bits per heavy atom. The van der Waals surface area contributed by atoms with Gasteiger partial charge in [-0.2, -0.15) is 4.99 Å². The minimum absolute atomic E-state index is 0.0509. The van der Waals surface area contributed by atoms with Crippen molar-refractivity contribution in [3.8, 4) is 11.5 Å². The second-order valence-corrected chi connectivity index (χ2v) is 5.40. The molecule has 0 fully saturated rings. The first-order chi connectivity index (χ1) is 13.5. The first-order valence-electron chi connectivity index (χ1n) is 7.85. The van der Waals surface area contributed by atoms with Crippen molar-refractivity contribution in [1.82, 2.24) is 4.90 Å². The van der Waals surface area contributed by atoms with E-state index in [1.54, 1.807) is 38.4 Å². The van der Waals surface area contributed by atoms with Crippen LogP contribution in [0.4, 0.5) is 0 Å². The van der Waals surface area contributed by atoms with E-state index in [0.29, 0.717) is 0 Å². The summed E-state index contributed by atoms with van der Waals surface area (Å²) in [6.45, 7) is 0. The van der Waals surface area contributed by atoms with Gasteiger partial charge in [-0.3, -0.25) is 5.41 Å². The molecular formula is C18H23N5O6. The van der Waals surface area contributed by atoms with Crippen LogP contribution in [0.25, 0.3) is 0 Å². The topological polar surface area (TPSA) is 207 Å². The summed E-state index contributed by atoms with van der Waals surface area (Å²) in [6.07, 6.45) is 0. The van der Waals surface area contributed by atoms with Gasteiger partial charge in [0.05, 0.1) is 0 Å². The predicted octanol–water partition coefficient (Wildman–Crippen LogP) is 0.937. The van der Waals surface area contributed by atoms with E-state index in [1.165, 1.54) is 29.2 Å². The minimum atomic E-state index is -1.11. The van der Waals surface area contributed by atoms with Crippen molar-refractivity contribution in [2.75, 3.05) is 14.1 Å². The van der Waals surface area contributed by atoms with Crippen LogP contribution in [-0.2, 0) is 0 Å².